The monoisotopic (exact) mass is 252 g/mol. The van der Waals surface area contributed by atoms with Crippen LogP contribution < -0.4 is 0 Å². The van der Waals surface area contributed by atoms with Crippen molar-refractivity contribution in [3.05, 3.63) is 12.7 Å². The largest absolute Gasteiger partial charge is 0.298 e. The Morgan fingerprint density at radius 3 is 2.39 bits per heavy atom. The summed E-state index contributed by atoms with van der Waals surface area (Å²) in [6.07, 6.45) is 4.80. The molecule has 0 spiro atoms. The smallest absolute Gasteiger partial charge is 0.0406 e. The van der Waals surface area contributed by atoms with Crippen LogP contribution in [-0.4, -0.2) is 47.6 Å². The number of rotatable bonds is 6. The molecule has 1 rings (SSSR count). The quantitative estimate of drug-likeness (QED) is 0.669. The van der Waals surface area contributed by atoms with Crippen LogP contribution in [0, 0.1) is 5.92 Å². The highest BCUT2D eigenvalue weighted by Gasteiger charge is 2.30. The first-order valence-corrected chi connectivity index (χ1v) is 7.58. The molecule has 0 aromatic heterocycles. The van der Waals surface area contributed by atoms with E-state index in [1.165, 1.54) is 25.9 Å². The van der Waals surface area contributed by atoms with Crippen molar-refractivity contribution in [3.8, 4) is 0 Å². The van der Waals surface area contributed by atoms with Gasteiger partial charge in [0, 0.05) is 31.2 Å². The zero-order valence-electron chi connectivity index (χ0n) is 13.0. The van der Waals surface area contributed by atoms with Crippen LogP contribution in [0.4, 0.5) is 0 Å². The van der Waals surface area contributed by atoms with E-state index in [2.05, 4.69) is 57.1 Å². The minimum absolute atomic E-state index is 0.528. The molecule has 0 aromatic carbocycles. The van der Waals surface area contributed by atoms with Gasteiger partial charge in [0.1, 0.15) is 0 Å². The van der Waals surface area contributed by atoms with Crippen molar-refractivity contribution in [3.63, 3.8) is 0 Å². The Balaban J connectivity index is 2.49. The number of piperazine rings is 1. The van der Waals surface area contributed by atoms with E-state index < -0.39 is 0 Å². The summed E-state index contributed by atoms with van der Waals surface area (Å²) in [5.41, 5.74) is 0. The van der Waals surface area contributed by atoms with Gasteiger partial charge in [-0.3, -0.25) is 9.80 Å². The second-order valence-corrected chi connectivity index (χ2v) is 6.47. The maximum absolute atomic E-state index is 4.02. The van der Waals surface area contributed by atoms with Crippen LogP contribution in [0.2, 0.25) is 0 Å². The highest BCUT2D eigenvalue weighted by atomic mass is 15.3. The molecule has 1 heterocycles. The Labute approximate surface area is 114 Å². The summed E-state index contributed by atoms with van der Waals surface area (Å²) in [7, 11) is 0. The van der Waals surface area contributed by atoms with E-state index in [9.17, 15) is 0 Å². The summed E-state index contributed by atoms with van der Waals surface area (Å²) in [5, 5.41) is 0. The molecule has 1 fully saturated rings. The van der Waals surface area contributed by atoms with E-state index in [1.54, 1.807) is 0 Å². The Bertz CT molecular complexity index is 247. The van der Waals surface area contributed by atoms with Crippen molar-refractivity contribution in [2.45, 2.75) is 65.6 Å². The van der Waals surface area contributed by atoms with Crippen LogP contribution in [0.1, 0.15) is 47.5 Å². The van der Waals surface area contributed by atoms with Gasteiger partial charge < -0.3 is 0 Å². The Morgan fingerprint density at radius 1 is 1.22 bits per heavy atom. The third-order valence-electron chi connectivity index (χ3n) is 4.11. The molecule has 2 nitrogen and oxygen atoms in total. The average molecular weight is 252 g/mol. The van der Waals surface area contributed by atoms with Crippen molar-refractivity contribution >= 4 is 0 Å². The molecule has 0 amide bonds. The molecule has 2 heteroatoms. The highest BCUT2D eigenvalue weighted by molar-refractivity contribution is 4.97. The molecule has 1 saturated heterocycles. The summed E-state index contributed by atoms with van der Waals surface area (Å²) in [5.74, 6) is 0.826. The summed E-state index contributed by atoms with van der Waals surface area (Å²) in [6.45, 7) is 19.2. The molecule has 0 aromatic rings. The zero-order valence-corrected chi connectivity index (χ0v) is 13.0. The van der Waals surface area contributed by atoms with E-state index in [0.717, 1.165) is 12.5 Å². The van der Waals surface area contributed by atoms with Crippen LogP contribution in [0.25, 0.3) is 0 Å². The molecule has 0 N–H and O–H groups in total. The fourth-order valence-corrected chi connectivity index (χ4v) is 2.90. The molecule has 0 saturated carbocycles. The van der Waals surface area contributed by atoms with Gasteiger partial charge in [-0.25, -0.2) is 0 Å². The number of hydrogen-bond donors (Lipinski definition) is 0. The number of nitrogens with zero attached hydrogens (tertiary/aromatic N) is 2. The second kappa shape index (κ2) is 7.30. The van der Waals surface area contributed by atoms with Gasteiger partial charge in [-0.1, -0.05) is 19.9 Å². The number of hydrogen-bond acceptors (Lipinski definition) is 2. The zero-order chi connectivity index (χ0) is 13.7. The van der Waals surface area contributed by atoms with Gasteiger partial charge >= 0.3 is 0 Å². The van der Waals surface area contributed by atoms with Gasteiger partial charge in [-0.2, -0.15) is 0 Å². The Kier molecular flexibility index (Phi) is 6.37. The van der Waals surface area contributed by atoms with Crippen molar-refractivity contribution < 1.29 is 0 Å². The SMILES string of the molecule is C=C[C@@H]1CN(CCCC(C)C)[C@H](C)CN1C(C)C. The van der Waals surface area contributed by atoms with Gasteiger partial charge in [0.2, 0.25) is 0 Å². The maximum atomic E-state index is 4.02. The third-order valence-corrected chi connectivity index (χ3v) is 4.11. The summed E-state index contributed by atoms with van der Waals surface area (Å²) in [6, 6.07) is 1.82. The Morgan fingerprint density at radius 2 is 1.89 bits per heavy atom. The lowest BCUT2D eigenvalue weighted by atomic mass is 10.0. The van der Waals surface area contributed by atoms with Gasteiger partial charge in [-0.05, 0) is 46.1 Å². The fraction of sp³-hybridized carbons (Fsp3) is 0.875. The molecule has 0 unspecified atom stereocenters. The topological polar surface area (TPSA) is 6.48 Å². The molecule has 106 valence electrons. The van der Waals surface area contributed by atoms with E-state index in [-0.39, 0.29) is 0 Å². The first-order valence-electron chi connectivity index (χ1n) is 7.58. The highest BCUT2D eigenvalue weighted by Crippen LogP contribution is 2.19. The van der Waals surface area contributed by atoms with Gasteiger partial charge in [-0.15, -0.1) is 6.58 Å². The average Bonchev–Trinajstić information content (AvgIpc) is 2.30. The molecular formula is C16H32N2. The van der Waals surface area contributed by atoms with E-state index in [4.69, 9.17) is 0 Å². The van der Waals surface area contributed by atoms with Gasteiger partial charge in [0.05, 0.1) is 0 Å². The molecule has 0 aliphatic carbocycles. The predicted molar refractivity (Wildman–Crippen MR) is 80.9 cm³/mol. The standard InChI is InChI=1S/C16H32N2/c1-7-16-12-17(10-8-9-13(2)3)15(6)11-18(16)14(4)5/h7,13-16H,1,8-12H2,2-6H3/t15-,16-/m1/s1. The van der Waals surface area contributed by atoms with Gasteiger partial charge in [0.15, 0.2) is 0 Å². The minimum atomic E-state index is 0.528. The predicted octanol–water partition coefficient (Wildman–Crippen LogP) is 3.39. The summed E-state index contributed by atoms with van der Waals surface area (Å²) >= 11 is 0. The minimum Gasteiger partial charge on any atom is -0.298 e. The van der Waals surface area contributed by atoms with Gasteiger partial charge in [0.25, 0.3) is 0 Å². The second-order valence-electron chi connectivity index (χ2n) is 6.47. The first-order chi connectivity index (χ1) is 8.45. The van der Waals surface area contributed by atoms with Crippen molar-refractivity contribution in [2.75, 3.05) is 19.6 Å². The van der Waals surface area contributed by atoms with E-state index in [1.807, 2.05) is 0 Å². The van der Waals surface area contributed by atoms with E-state index >= 15 is 0 Å². The van der Waals surface area contributed by atoms with Crippen LogP contribution in [0.5, 0.6) is 0 Å². The molecule has 1 aliphatic heterocycles. The molecule has 0 bridgehead atoms. The molecule has 1 aliphatic rings. The van der Waals surface area contributed by atoms with Crippen molar-refractivity contribution in [1.82, 2.24) is 9.80 Å². The molecule has 2 atom stereocenters. The maximum Gasteiger partial charge on any atom is 0.0406 e. The lowest BCUT2D eigenvalue weighted by Crippen LogP contribution is -2.58. The third kappa shape index (κ3) is 4.40. The van der Waals surface area contributed by atoms with Crippen LogP contribution in [0.3, 0.4) is 0 Å². The Hall–Kier alpha value is -0.340. The van der Waals surface area contributed by atoms with Crippen LogP contribution in [0.15, 0.2) is 12.7 Å². The summed E-state index contributed by atoms with van der Waals surface area (Å²) in [4.78, 5) is 5.23. The molecule has 0 radical (unpaired) electrons. The van der Waals surface area contributed by atoms with Crippen LogP contribution in [-0.2, 0) is 0 Å². The van der Waals surface area contributed by atoms with Crippen LogP contribution >= 0.6 is 0 Å². The summed E-state index contributed by atoms with van der Waals surface area (Å²) < 4.78 is 0. The normalized spacial score (nSPS) is 27.1. The lowest BCUT2D eigenvalue weighted by molar-refractivity contribution is 0.0340. The molecule has 18 heavy (non-hydrogen) atoms. The van der Waals surface area contributed by atoms with E-state index in [0.29, 0.717) is 18.1 Å². The molecular weight excluding hydrogens is 220 g/mol. The lowest BCUT2D eigenvalue weighted by Gasteiger charge is -2.46. The first kappa shape index (κ1) is 15.7. The fourth-order valence-electron chi connectivity index (χ4n) is 2.90. The van der Waals surface area contributed by atoms with Crippen molar-refractivity contribution in [2.24, 2.45) is 5.92 Å². The van der Waals surface area contributed by atoms with Crippen molar-refractivity contribution in [1.29, 1.82) is 0 Å².